The molecule has 0 radical (unpaired) electrons. The van der Waals surface area contributed by atoms with Gasteiger partial charge >= 0.3 is 0 Å². The van der Waals surface area contributed by atoms with E-state index < -0.39 is 0 Å². The molecule has 5 heteroatoms. The quantitative estimate of drug-likeness (QED) is 0.872. The summed E-state index contributed by atoms with van der Waals surface area (Å²) in [6, 6.07) is 5.64. The predicted molar refractivity (Wildman–Crippen MR) is 97.2 cm³/mol. The molecule has 1 heterocycles. The summed E-state index contributed by atoms with van der Waals surface area (Å²) >= 11 is 0. The number of rotatable bonds is 5. The Hall–Kier alpha value is -1.88. The number of aryl methyl sites for hydroxylation is 1. The number of nitrogens with zero attached hydrogens (tertiary/aromatic N) is 1. The normalized spacial score (nSPS) is 18.5. The third-order valence-corrected chi connectivity index (χ3v) is 4.32. The number of piperidine rings is 1. The van der Waals surface area contributed by atoms with Gasteiger partial charge in [0.15, 0.2) is 0 Å². The van der Waals surface area contributed by atoms with Gasteiger partial charge in [-0.2, -0.15) is 0 Å². The van der Waals surface area contributed by atoms with Gasteiger partial charge in [0.2, 0.25) is 5.91 Å². The molecule has 0 spiro atoms. The summed E-state index contributed by atoms with van der Waals surface area (Å²) in [5.74, 6) is 0.290. The van der Waals surface area contributed by atoms with Gasteiger partial charge < -0.3 is 15.5 Å². The molecule has 132 valence electrons. The summed E-state index contributed by atoms with van der Waals surface area (Å²) < 4.78 is 0. The van der Waals surface area contributed by atoms with Crippen LogP contribution in [0.3, 0.4) is 0 Å². The molecule has 1 aromatic rings. The lowest BCUT2D eigenvalue weighted by Crippen LogP contribution is -2.46. The van der Waals surface area contributed by atoms with Crippen molar-refractivity contribution in [1.29, 1.82) is 0 Å². The van der Waals surface area contributed by atoms with Gasteiger partial charge in [0.05, 0.1) is 0 Å². The third-order valence-electron chi connectivity index (χ3n) is 4.32. The minimum Gasteiger partial charge on any atom is -0.348 e. The van der Waals surface area contributed by atoms with Crippen molar-refractivity contribution in [3.63, 3.8) is 0 Å². The zero-order chi connectivity index (χ0) is 17.7. The first-order valence-corrected chi connectivity index (χ1v) is 8.75. The molecular weight excluding hydrogens is 302 g/mol. The fraction of sp³-hybridized carbons (Fsp3) is 0.579. The molecule has 1 saturated heterocycles. The van der Waals surface area contributed by atoms with Crippen molar-refractivity contribution in [3.05, 3.63) is 29.3 Å². The van der Waals surface area contributed by atoms with E-state index in [9.17, 15) is 9.59 Å². The van der Waals surface area contributed by atoms with Crippen LogP contribution in [-0.4, -0.2) is 42.9 Å². The maximum atomic E-state index is 12.4. The lowest BCUT2D eigenvalue weighted by atomic mass is 10.0. The Morgan fingerprint density at radius 3 is 2.71 bits per heavy atom. The molecule has 2 rings (SSSR count). The number of benzene rings is 1. The number of nitrogens with one attached hydrogen (secondary N) is 2. The van der Waals surface area contributed by atoms with Crippen molar-refractivity contribution < 1.29 is 9.59 Å². The SMILES string of the molecule is Cc1cc(C(=O)N[C@H]2CCCN(C)C2)ccc1NC(=O)CC(C)C. The fourth-order valence-corrected chi connectivity index (χ4v) is 3.07. The van der Waals surface area contributed by atoms with Gasteiger partial charge in [0, 0.05) is 30.3 Å². The number of amides is 2. The highest BCUT2D eigenvalue weighted by atomic mass is 16.2. The Balaban J connectivity index is 1.97. The van der Waals surface area contributed by atoms with Gasteiger partial charge in [-0.25, -0.2) is 0 Å². The smallest absolute Gasteiger partial charge is 0.251 e. The number of likely N-dealkylation sites (N-methyl/N-ethyl adjacent to an activating group) is 1. The number of likely N-dealkylation sites (tertiary alicyclic amines) is 1. The van der Waals surface area contributed by atoms with Gasteiger partial charge in [0.25, 0.3) is 5.91 Å². The Morgan fingerprint density at radius 2 is 2.08 bits per heavy atom. The van der Waals surface area contributed by atoms with Gasteiger partial charge in [-0.15, -0.1) is 0 Å². The molecule has 2 N–H and O–H groups in total. The molecule has 5 nitrogen and oxygen atoms in total. The van der Waals surface area contributed by atoms with E-state index in [-0.39, 0.29) is 17.9 Å². The highest BCUT2D eigenvalue weighted by Crippen LogP contribution is 2.18. The Labute approximate surface area is 144 Å². The highest BCUT2D eigenvalue weighted by Gasteiger charge is 2.20. The van der Waals surface area contributed by atoms with E-state index in [1.54, 1.807) is 6.07 Å². The van der Waals surface area contributed by atoms with Crippen molar-refractivity contribution in [3.8, 4) is 0 Å². The van der Waals surface area contributed by atoms with Crippen LogP contribution >= 0.6 is 0 Å². The first-order valence-electron chi connectivity index (χ1n) is 8.75. The standard InChI is InChI=1S/C19H29N3O2/c1-13(2)10-18(23)21-17-8-7-15(11-14(17)3)19(24)20-16-6-5-9-22(4)12-16/h7-8,11,13,16H,5-6,9-10,12H2,1-4H3,(H,20,24)(H,21,23)/t16-/m0/s1. The zero-order valence-corrected chi connectivity index (χ0v) is 15.2. The monoisotopic (exact) mass is 331 g/mol. The van der Waals surface area contributed by atoms with Crippen LogP contribution < -0.4 is 10.6 Å². The summed E-state index contributed by atoms with van der Waals surface area (Å²) in [6.07, 6.45) is 2.64. The second kappa shape index (κ2) is 8.29. The Morgan fingerprint density at radius 1 is 1.33 bits per heavy atom. The van der Waals surface area contributed by atoms with E-state index in [4.69, 9.17) is 0 Å². The van der Waals surface area contributed by atoms with Crippen molar-refractivity contribution >= 4 is 17.5 Å². The molecule has 1 aliphatic heterocycles. The van der Waals surface area contributed by atoms with Gasteiger partial charge in [0.1, 0.15) is 0 Å². The van der Waals surface area contributed by atoms with E-state index >= 15 is 0 Å². The number of carbonyl (C=O) groups excluding carboxylic acids is 2. The maximum Gasteiger partial charge on any atom is 0.251 e. The lowest BCUT2D eigenvalue weighted by molar-refractivity contribution is -0.116. The van der Waals surface area contributed by atoms with Crippen LogP contribution in [0.4, 0.5) is 5.69 Å². The predicted octanol–water partition coefficient (Wildman–Crippen LogP) is 2.80. The van der Waals surface area contributed by atoms with Crippen LogP contribution in [0, 0.1) is 12.8 Å². The molecule has 1 atom stereocenters. The van der Waals surface area contributed by atoms with Gasteiger partial charge in [-0.1, -0.05) is 13.8 Å². The van der Waals surface area contributed by atoms with Crippen LogP contribution in [0.2, 0.25) is 0 Å². The second-order valence-corrected chi connectivity index (χ2v) is 7.25. The molecule has 1 aromatic carbocycles. The molecule has 0 unspecified atom stereocenters. The Kier molecular flexibility index (Phi) is 6.37. The van der Waals surface area contributed by atoms with E-state index in [1.165, 1.54) is 0 Å². The lowest BCUT2D eigenvalue weighted by Gasteiger charge is -2.30. The van der Waals surface area contributed by atoms with Crippen LogP contribution in [0.15, 0.2) is 18.2 Å². The summed E-state index contributed by atoms with van der Waals surface area (Å²) in [4.78, 5) is 26.6. The molecule has 1 aliphatic rings. The average molecular weight is 331 g/mol. The minimum atomic E-state index is -0.0431. The van der Waals surface area contributed by atoms with Crippen molar-refractivity contribution in [2.75, 3.05) is 25.5 Å². The highest BCUT2D eigenvalue weighted by molar-refractivity contribution is 5.96. The van der Waals surface area contributed by atoms with Gasteiger partial charge in [-0.3, -0.25) is 9.59 Å². The first kappa shape index (κ1) is 18.5. The second-order valence-electron chi connectivity index (χ2n) is 7.25. The number of hydrogen-bond acceptors (Lipinski definition) is 3. The van der Waals surface area contributed by atoms with Gasteiger partial charge in [-0.05, 0) is 63.0 Å². The molecule has 0 aromatic heterocycles. The van der Waals surface area contributed by atoms with Crippen molar-refractivity contribution in [1.82, 2.24) is 10.2 Å². The summed E-state index contributed by atoms with van der Waals surface area (Å²) in [7, 11) is 2.08. The topological polar surface area (TPSA) is 61.4 Å². The van der Waals surface area contributed by atoms with Crippen LogP contribution in [0.5, 0.6) is 0 Å². The maximum absolute atomic E-state index is 12.4. The number of hydrogen-bond donors (Lipinski definition) is 2. The molecule has 24 heavy (non-hydrogen) atoms. The molecular formula is C19H29N3O2. The van der Waals surface area contributed by atoms with Crippen LogP contribution in [-0.2, 0) is 4.79 Å². The molecule has 0 bridgehead atoms. The van der Waals surface area contributed by atoms with E-state index in [0.29, 0.717) is 17.9 Å². The fourth-order valence-electron chi connectivity index (χ4n) is 3.07. The summed E-state index contributed by atoms with van der Waals surface area (Å²) in [5, 5.41) is 6.03. The van der Waals surface area contributed by atoms with E-state index in [1.807, 2.05) is 32.9 Å². The third kappa shape index (κ3) is 5.34. The van der Waals surface area contributed by atoms with Crippen LogP contribution in [0.1, 0.15) is 49.0 Å². The molecule has 2 amide bonds. The minimum absolute atomic E-state index is 0.00976. The van der Waals surface area contributed by atoms with E-state index in [2.05, 4.69) is 22.6 Å². The molecule has 0 aliphatic carbocycles. The molecule has 0 saturated carbocycles. The summed E-state index contributed by atoms with van der Waals surface area (Å²) in [6.45, 7) is 7.94. The largest absolute Gasteiger partial charge is 0.348 e. The number of carbonyl (C=O) groups is 2. The first-order chi connectivity index (χ1) is 11.3. The van der Waals surface area contributed by atoms with Crippen molar-refractivity contribution in [2.24, 2.45) is 5.92 Å². The number of anilines is 1. The Bertz CT molecular complexity index is 598. The van der Waals surface area contributed by atoms with Crippen LogP contribution in [0.25, 0.3) is 0 Å². The van der Waals surface area contributed by atoms with Crippen molar-refractivity contribution in [2.45, 2.75) is 46.1 Å². The van der Waals surface area contributed by atoms with E-state index in [0.717, 1.165) is 37.2 Å². The zero-order valence-electron chi connectivity index (χ0n) is 15.2. The summed E-state index contributed by atoms with van der Waals surface area (Å²) in [5.41, 5.74) is 2.32. The average Bonchev–Trinajstić information content (AvgIpc) is 2.48. The molecule has 1 fully saturated rings.